The minimum absolute atomic E-state index is 0. The fraction of sp³-hybridized carbons (Fsp3) is 0.583. The van der Waals surface area contributed by atoms with Crippen LogP contribution in [-0.4, -0.2) is 163 Å². The predicted molar refractivity (Wildman–Crippen MR) is 142 cm³/mol. The summed E-state index contributed by atoms with van der Waals surface area (Å²) in [5.74, 6) is -12.3. The SMILES string of the molecule is C=C(CC(C(=O)O)C(=O)O)C(=O)OCC(CO)(CO)CO.C=C(CC(C(=O)O)C(=O)O)C(=O)OCC(CO)(CO)CO.[H-].[H-].[Mg+2]. The van der Waals surface area contributed by atoms with E-state index < -0.39 is 124 Å². The van der Waals surface area contributed by atoms with Crippen molar-refractivity contribution in [3.63, 3.8) is 0 Å². The molecule has 0 aromatic heterocycles. The van der Waals surface area contributed by atoms with E-state index in [9.17, 15) is 28.8 Å². The van der Waals surface area contributed by atoms with Crippen molar-refractivity contribution >= 4 is 58.9 Å². The molecule has 0 bridgehead atoms. The molecule has 244 valence electrons. The van der Waals surface area contributed by atoms with E-state index in [0.717, 1.165) is 0 Å². The van der Waals surface area contributed by atoms with Crippen molar-refractivity contribution in [2.45, 2.75) is 12.8 Å². The molecule has 0 aromatic carbocycles. The van der Waals surface area contributed by atoms with Crippen molar-refractivity contribution in [2.75, 3.05) is 52.9 Å². The summed E-state index contributed by atoms with van der Waals surface area (Å²) in [7, 11) is 0. The average Bonchev–Trinajstić information content (AvgIpc) is 2.95. The number of hydrogen-bond donors (Lipinski definition) is 10. The molecule has 0 saturated heterocycles. The van der Waals surface area contributed by atoms with Crippen LogP contribution >= 0.6 is 0 Å². The maximum atomic E-state index is 11.6. The van der Waals surface area contributed by atoms with Gasteiger partial charge in [0.1, 0.15) is 13.2 Å². The van der Waals surface area contributed by atoms with Crippen molar-refractivity contribution in [3.05, 3.63) is 24.3 Å². The van der Waals surface area contributed by atoms with Gasteiger partial charge in [-0.1, -0.05) is 13.2 Å². The summed E-state index contributed by atoms with van der Waals surface area (Å²) >= 11 is 0. The first-order valence-corrected chi connectivity index (χ1v) is 11.7. The molecule has 0 aliphatic heterocycles. The Kier molecular flexibility index (Phi) is 22.1. The van der Waals surface area contributed by atoms with Gasteiger partial charge in [0.05, 0.1) is 50.5 Å². The van der Waals surface area contributed by atoms with Crippen LogP contribution in [0.25, 0.3) is 0 Å². The van der Waals surface area contributed by atoms with Crippen LogP contribution in [0.3, 0.4) is 0 Å². The molecule has 0 unspecified atom stereocenters. The molecule has 18 nitrogen and oxygen atoms in total. The van der Waals surface area contributed by atoms with E-state index in [2.05, 4.69) is 13.2 Å². The first kappa shape index (κ1) is 44.3. The Morgan fingerprint density at radius 3 is 0.907 bits per heavy atom. The van der Waals surface area contributed by atoms with E-state index in [0.29, 0.717) is 0 Å². The monoisotopic (exact) mass is 638 g/mol. The number of aliphatic carboxylic acids is 4. The Labute approximate surface area is 263 Å². The van der Waals surface area contributed by atoms with Crippen LogP contribution in [0.2, 0.25) is 0 Å². The Bertz CT molecular complexity index is 874. The number of aliphatic hydroxyl groups excluding tert-OH is 6. The second-order valence-electron chi connectivity index (χ2n) is 9.17. The molecule has 0 aliphatic rings. The first-order chi connectivity index (χ1) is 19.4. The Morgan fingerprint density at radius 1 is 0.535 bits per heavy atom. The van der Waals surface area contributed by atoms with Crippen LogP contribution < -0.4 is 0 Å². The maximum Gasteiger partial charge on any atom is 2.00 e. The number of aliphatic hydroxyl groups is 6. The van der Waals surface area contributed by atoms with Crippen LogP contribution in [-0.2, 0) is 38.2 Å². The van der Waals surface area contributed by atoms with Gasteiger partial charge in [0.25, 0.3) is 0 Å². The maximum absolute atomic E-state index is 11.6. The molecule has 0 aromatic rings. The molecule has 0 saturated carbocycles. The molecule has 0 rings (SSSR count). The first-order valence-electron chi connectivity index (χ1n) is 11.7. The molecular weight excluding hydrogens is 601 g/mol. The number of rotatable bonds is 20. The molecule has 0 fully saturated rings. The normalized spacial score (nSPS) is 11.0. The summed E-state index contributed by atoms with van der Waals surface area (Å²) in [5.41, 5.74) is -3.64. The van der Waals surface area contributed by atoms with Crippen molar-refractivity contribution in [2.24, 2.45) is 22.7 Å². The number of carboxylic acid groups (broad SMARTS) is 4. The largest absolute Gasteiger partial charge is 2.00 e. The van der Waals surface area contributed by atoms with E-state index in [1.165, 1.54) is 0 Å². The molecule has 0 aliphatic carbocycles. The second kappa shape index (κ2) is 21.5. The second-order valence-corrected chi connectivity index (χ2v) is 9.17. The fourth-order valence-corrected chi connectivity index (χ4v) is 2.44. The van der Waals surface area contributed by atoms with Crippen LogP contribution in [0.4, 0.5) is 0 Å². The topological polar surface area (TPSA) is 323 Å². The Balaban J connectivity index is -0.000000222. The third-order valence-corrected chi connectivity index (χ3v) is 5.70. The van der Waals surface area contributed by atoms with Crippen molar-refractivity contribution in [3.8, 4) is 0 Å². The molecule has 43 heavy (non-hydrogen) atoms. The molecule has 0 radical (unpaired) electrons. The summed E-state index contributed by atoms with van der Waals surface area (Å²) in [5, 5.41) is 88.9. The predicted octanol–water partition coefficient (Wildman–Crippen LogP) is -3.71. The minimum Gasteiger partial charge on any atom is -1.00 e. The van der Waals surface area contributed by atoms with Crippen LogP contribution in [0.5, 0.6) is 0 Å². The zero-order chi connectivity index (χ0) is 33.3. The van der Waals surface area contributed by atoms with Gasteiger partial charge in [-0.2, -0.15) is 0 Å². The number of carbonyl (C=O) groups excluding carboxylic acids is 2. The summed E-state index contributed by atoms with van der Waals surface area (Å²) in [6.45, 7) is 1.56. The molecule has 19 heteroatoms. The number of carboxylic acids is 4. The smallest absolute Gasteiger partial charge is 1.00 e. The third-order valence-electron chi connectivity index (χ3n) is 5.70. The molecular formula is C24H38MgO18. The van der Waals surface area contributed by atoms with E-state index in [1.54, 1.807) is 0 Å². The zero-order valence-electron chi connectivity index (χ0n) is 25.1. The minimum atomic E-state index is -1.83. The molecule has 0 heterocycles. The number of ether oxygens (including phenoxy) is 2. The number of hydrogen-bond acceptors (Lipinski definition) is 14. The summed E-state index contributed by atoms with van der Waals surface area (Å²) < 4.78 is 9.40. The van der Waals surface area contributed by atoms with Gasteiger partial charge in [-0.25, -0.2) is 9.59 Å². The third kappa shape index (κ3) is 15.2. The molecule has 10 N–H and O–H groups in total. The standard InChI is InChI=1S/2C12H18O9.Mg.2H/c2*1-7(2-8(9(16)17)10(18)19)11(20)21-6-12(3-13,4-14)5-15;;;/h2*8,13-15H,1-6H2,(H,16,17)(H,18,19);;;/q;;+2;2*-1. The molecule has 0 atom stereocenters. The number of esters is 2. The fourth-order valence-electron chi connectivity index (χ4n) is 2.44. The quantitative estimate of drug-likeness (QED) is 0.0265. The summed E-state index contributed by atoms with van der Waals surface area (Å²) in [6.07, 6.45) is -1.29. The van der Waals surface area contributed by atoms with Gasteiger partial charge in [-0.05, 0) is 0 Å². The number of carbonyl (C=O) groups is 6. The van der Waals surface area contributed by atoms with Gasteiger partial charge in [-0.15, -0.1) is 0 Å². The molecule has 0 spiro atoms. The van der Waals surface area contributed by atoms with Crippen molar-refractivity contribution in [1.29, 1.82) is 0 Å². The van der Waals surface area contributed by atoms with Crippen LogP contribution in [0.15, 0.2) is 24.3 Å². The van der Waals surface area contributed by atoms with E-state index in [4.69, 9.17) is 60.5 Å². The van der Waals surface area contributed by atoms with Gasteiger partial charge in [0, 0.05) is 24.0 Å². The summed E-state index contributed by atoms with van der Waals surface area (Å²) in [6, 6.07) is 0. The van der Waals surface area contributed by atoms with Crippen molar-refractivity contribution in [1.82, 2.24) is 0 Å². The van der Waals surface area contributed by atoms with Gasteiger partial charge < -0.3 is 63.4 Å². The zero-order valence-corrected chi connectivity index (χ0v) is 24.5. The molecule has 0 amide bonds. The average molecular weight is 639 g/mol. The van der Waals surface area contributed by atoms with E-state index >= 15 is 0 Å². The van der Waals surface area contributed by atoms with Gasteiger partial charge in [-0.3, -0.25) is 19.2 Å². The van der Waals surface area contributed by atoms with E-state index in [-0.39, 0.29) is 37.1 Å². The Hall–Kier alpha value is -3.17. The van der Waals surface area contributed by atoms with Crippen molar-refractivity contribution < 1.29 is 92.2 Å². The van der Waals surface area contributed by atoms with Crippen LogP contribution in [0, 0.1) is 22.7 Å². The Morgan fingerprint density at radius 2 is 0.744 bits per heavy atom. The van der Waals surface area contributed by atoms with Crippen LogP contribution in [0.1, 0.15) is 15.7 Å². The van der Waals surface area contributed by atoms with Gasteiger partial charge >= 0.3 is 58.9 Å². The van der Waals surface area contributed by atoms with Gasteiger partial charge in [0.2, 0.25) is 0 Å². The summed E-state index contributed by atoms with van der Waals surface area (Å²) in [4.78, 5) is 65.9. The van der Waals surface area contributed by atoms with E-state index in [1.807, 2.05) is 0 Å². The van der Waals surface area contributed by atoms with Gasteiger partial charge in [0.15, 0.2) is 11.8 Å².